The predicted molar refractivity (Wildman–Crippen MR) is 87.6 cm³/mol. The first-order chi connectivity index (χ1) is 11.5. The lowest BCUT2D eigenvalue weighted by molar-refractivity contribution is -0.126. The van der Waals surface area contributed by atoms with Gasteiger partial charge in [-0.1, -0.05) is 0 Å². The van der Waals surface area contributed by atoms with E-state index in [0.717, 1.165) is 11.4 Å². The highest BCUT2D eigenvalue weighted by Crippen LogP contribution is 2.15. The topological polar surface area (TPSA) is 97.9 Å². The zero-order valence-corrected chi connectivity index (χ0v) is 13.9. The molecule has 1 aromatic heterocycles. The molecular weight excluding hydrogens is 310 g/mol. The van der Waals surface area contributed by atoms with Crippen molar-refractivity contribution in [1.29, 1.82) is 0 Å². The van der Waals surface area contributed by atoms with E-state index < -0.39 is 0 Å². The molecule has 1 fully saturated rings. The molecule has 0 aromatic carbocycles. The van der Waals surface area contributed by atoms with Crippen molar-refractivity contribution in [2.24, 2.45) is 5.10 Å². The molecule has 0 atom stereocenters. The SMILES string of the molecule is Cc1cc(C(=O)N2CCN(C(=O)C3=NNC(=O)CC3)CC2)c(C)[nH]1. The number of aromatic nitrogens is 1. The van der Waals surface area contributed by atoms with E-state index in [2.05, 4.69) is 15.5 Å². The van der Waals surface area contributed by atoms with Gasteiger partial charge in [0.25, 0.3) is 11.8 Å². The normalized spacial score (nSPS) is 18.2. The summed E-state index contributed by atoms with van der Waals surface area (Å²) >= 11 is 0. The lowest BCUT2D eigenvalue weighted by atomic mass is 10.1. The van der Waals surface area contributed by atoms with Gasteiger partial charge in [-0.15, -0.1) is 0 Å². The van der Waals surface area contributed by atoms with Crippen LogP contribution in [0.15, 0.2) is 11.2 Å². The van der Waals surface area contributed by atoms with Crippen LogP contribution in [0, 0.1) is 13.8 Å². The van der Waals surface area contributed by atoms with E-state index >= 15 is 0 Å². The van der Waals surface area contributed by atoms with Gasteiger partial charge in [0.05, 0.1) is 5.56 Å². The molecule has 2 N–H and O–H groups in total. The molecule has 3 rings (SSSR count). The van der Waals surface area contributed by atoms with Crippen LogP contribution in [0.4, 0.5) is 0 Å². The third-order valence-electron chi connectivity index (χ3n) is 4.39. The highest BCUT2D eigenvalue weighted by atomic mass is 16.2. The molecule has 0 unspecified atom stereocenters. The van der Waals surface area contributed by atoms with Crippen molar-refractivity contribution in [3.8, 4) is 0 Å². The maximum absolute atomic E-state index is 12.6. The highest BCUT2D eigenvalue weighted by Gasteiger charge is 2.29. The van der Waals surface area contributed by atoms with Crippen LogP contribution in [0.2, 0.25) is 0 Å². The Kier molecular flexibility index (Phi) is 4.37. The first-order valence-corrected chi connectivity index (χ1v) is 8.06. The third-order valence-corrected chi connectivity index (χ3v) is 4.39. The standard InChI is InChI=1S/C16H21N5O3/c1-10-9-12(11(2)17-10)15(23)20-5-7-21(8-6-20)16(24)13-3-4-14(22)19-18-13/h9,17H,3-8H2,1-2H3,(H,19,22). The largest absolute Gasteiger partial charge is 0.362 e. The van der Waals surface area contributed by atoms with E-state index in [-0.39, 0.29) is 24.1 Å². The van der Waals surface area contributed by atoms with Gasteiger partial charge in [-0.05, 0) is 19.9 Å². The summed E-state index contributed by atoms with van der Waals surface area (Å²) < 4.78 is 0. The van der Waals surface area contributed by atoms with Crippen molar-refractivity contribution >= 4 is 23.4 Å². The number of piperazine rings is 1. The van der Waals surface area contributed by atoms with Gasteiger partial charge in [-0.3, -0.25) is 14.4 Å². The maximum atomic E-state index is 12.6. The molecule has 24 heavy (non-hydrogen) atoms. The van der Waals surface area contributed by atoms with Gasteiger partial charge in [0.2, 0.25) is 5.91 Å². The number of H-pyrrole nitrogens is 1. The lowest BCUT2D eigenvalue weighted by Gasteiger charge is -2.35. The van der Waals surface area contributed by atoms with Gasteiger partial charge in [-0.25, -0.2) is 5.43 Å². The Morgan fingerprint density at radius 1 is 1.04 bits per heavy atom. The Morgan fingerprint density at radius 3 is 2.17 bits per heavy atom. The van der Waals surface area contributed by atoms with Gasteiger partial charge < -0.3 is 14.8 Å². The quantitative estimate of drug-likeness (QED) is 0.809. The second kappa shape index (κ2) is 6.46. The molecule has 8 nitrogen and oxygen atoms in total. The number of carbonyl (C=O) groups is 3. The Bertz CT molecular complexity index is 713. The Hall–Kier alpha value is -2.64. The second-order valence-corrected chi connectivity index (χ2v) is 6.17. The fourth-order valence-electron chi connectivity index (χ4n) is 3.04. The number of amides is 3. The Morgan fingerprint density at radius 2 is 1.67 bits per heavy atom. The minimum Gasteiger partial charge on any atom is -0.362 e. The van der Waals surface area contributed by atoms with Crippen LogP contribution < -0.4 is 5.43 Å². The minimum atomic E-state index is -0.167. The molecule has 0 spiro atoms. The number of aromatic amines is 1. The molecule has 128 valence electrons. The fourth-order valence-corrected chi connectivity index (χ4v) is 3.04. The summed E-state index contributed by atoms with van der Waals surface area (Å²) in [6.45, 7) is 5.74. The van der Waals surface area contributed by atoms with Crippen LogP contribution in [0.3, 0.4) is 0 Å². The molecule has 0 bridgehead atoms. The van der Waals surface area contributed by atoms with Crippen molar-refractivity contribution in [2.45, 2.75) is 26.7 Å². The van der Waals surface area contributed by atoms with Crippen molar-refractivity contribution < 1.29 is 14.4 Å². The summed E-state index contributed by atoms with van der Waals surface area (Å²) in [6, 6.07) is 1.86. The molecule has 1 saturated heterocycles. The first kappa shape index (κ1) is 16.2. The summed E-state index contributed by atoms with van der Waals surface area (Å²) in [4.78, 5) is 42.7. The van der Waals surface area contributed by atoms with Crippen molar-refractivity contribution in [3.05, 3.63) is 23.0 Å². The van der Waals surface area contributed by atoms with Gasteiger partial charge in [0, 0.05) is 50.4 Å². The van der Waals surface area contributed by atoms with E-state index in [4.69, 9.17) is 0 Å². The summed E-state index contributed by atoms with van der Waals surface area (Å²) in [5, 5.41) is 3.84. The number of carbonyl (C=O) groups excluding carboxylic acids is 3. The fraction of sp³-hybridized carbons (Fsp3) is 0.500. The lowest BCUT2D eigenvalue weighted by Crippen LogP contribution is -2.52. The predicted octanol–water partition coefficient (Wildman–Crippen LogP) is 0.182. The van der Waals surface area contributed by atoms with Gasteiger partial charge in [-0.2, -0.15) is 5.10 Å². The van der Waals surface area contributed by atoms with Gasteiger partial charge in [0.1, 0.15) is 5.71 Å². The zero-order chi connectivity index (χ0) is 17.3. The average molecular weight is 331 g/mol. The smallest absolute Gasteiger partial charge is 0.270 e. The third kappa shape index (κ3) is 3.17. The number of nitrogens with one attached hydrogen (secondary N) is 2. The zero-order valence-electron chi connectivity index (χ0n) is 13.9. The van der Waals surface area contributed by atoms with Crippen LogP contribution >= 0.6 is 0 Å². The monoisotopic (exact) mass is 331 g/mol. The summed E-state index contributed by atoms with van der Waals surface area (Å²) in [5.41, 5.74) is 5.23. The van der Waals surface area contributed by atoms with Crippen LogP contribution in [-0.4, -0.2) is 64.4 Å². The molecule has 2 aliphatic rings. The number of aryl methyl sites for hydroxylation is 2. The van der Waals surface area contributed by atoms with E-state index in [9.17, 15) is 14.4 Å². The average Bonchev–Trinajstić information content (AvgIpc) is 2.93. The highest BCUT2D eigenvalue weighted by molar-refractivity contribution is 6.39. The van der Waals surface area contributed by atoms with Crippen LogP contribution in [-0.2, 0) is 9.59 Å². The summed E-state index contributed by atoms with van der Waals surface area (Å²) in [7, 11) is 0. The van der Waals surface area contributed by atoms with E-state index in [1.165, 1.54) is 0 Å². The van der Waals surface area contributed by atoms with Crippen LogP contribution in [0.1, 0.15) is 34.6 Å². The van der Waals surface area contributed by atoms with E-state index in [0.29, 0.717) is 43.9 Å². The molecule has 3 heterocycles. The number of nitrogens with zero attached hydrogens (tertiary/aromatic N) is 3. The molecular formula is C16H21N5O3. The number of hydrogen-bond donors (Lipinski definition) is 2. The minimum absolute atomic E-state index is 0.00813. The molecule has 1 aromatic rings. The Balaban J connectivity index is 1.59. The van der Waals surface area contributed by atoms with E-state index in [1.54, 1.807) is 9.80 Å². The number of rotatable bonds is 2. The van der Waals surface area contributed by atoms with Gasteiger partial charge >= 0.3 is 0 Å². The maximum Gasteiger partial charge on any atom is 0.270 e. The second-order valence-electron chi connectivity index (χ2n) is 6.17. The molecule has 3 amide bonds. The molecule has 2 aliphatic heterocycles. The van der Waals surface area contributed by atoms with E-state index in [1.807, 2.05) is 19.9 Å². The van der Waals surface area contributed by atoms with Crippen LogP contribution in [0.25, 0.3) is 0 Å². The number of hydrogen-bond acceptors (Lipinski definition) is 4. The first-order valence-electron chi connectivity index (χ1n) is 8.06. The van der Waals surface area contributed by atoms with Crippen molar-refractivity contribution in [1.82, 2.24) is 20.2 Å². The number of hydrazone groups is 1. The van der Waals surface area contributed by atoms with Gasteiger partial charge in [0.15, 0.2) is 0 Å². The molecule has 0 aliphatic carbocycles. The van der Waals surface area contributed by atoms with Crippen molar-refractivity contribution in [2.75, 3.05) is 26.2 Å². The summed E-state index contributed by atoms with van der Waals surface area (Å²) in [6.07, 6.45) is 0.654. The molecule has 0 saturated carbocycles. The molecule has 0 radical (unpaired) electrons. The van der Waals surface area contributed by atoms with Crippen molar-refractivity contribution in [3.63, 3.8) is 0 Å². The van der Waals surface area contributed by atoms with Crippen LogP contribution in [0.5, 0.6) is 0 Å². The molecule has 8 heteroatoms. The summed E-state index contributed by atoms with van der Waals surface area (Å²) in [5.74, 6) is -0.332. The Labute approximate surface area is 139 Å².